The monoisotopic (exact) mass is 232 g/mol. The summed E-state index contributed by atoms with van der Waals surface area (Å²) in [6.07, 6.45) is 0.731. The van der Waals surface area contributed by atoms with Crippen LogP contribution in [0.25, 0.3) is 20.9 Å². The molecule has 0 heterocycles. The van der Waals surface area contributed by atoms with Crippen LogP contribution in [0.5, 0.6) is 0 Å². The maximum atomic E-state index is 11.6. The molecule has 0 fully saturated rings. The molecular formula is C8H4N6O3. The van der Waals surface area contributed by atoms with Crippen LogP contribution in [0.2, 0.25) is 0 Å². The number of hydrogen-bond acceptors (Lipinski definition) is 5. The van der Waals surface area contributed by atoms with Gasteiger partial charge in [0.15, 0.2) is 17.3 Å². The summed E-state index contributed by atoms with van der Waals surface area (Å²) in [4.78, 5) is 38.9. The zero-order chi connectivity index (χ0) is 13.0. The number of azide groups is 2. The van der Waals surface area contributed by atoms with E-state index in [0.717, 1.165) is 13.0 Å². The first-order chi connectivity index (χ1) is 8.02. The lowest BCUT2D eigenvalue weighted by atomic mass is 9.95. The van der Waals surface area contributed by atoms with Gasteiger partial charge < -0.3 is 0 Å². The fraction of sp³-hybridized carbons (Fsp3) is 0.125. The first-order valence-corrected chi connectivity index (χ1v) is 4.19. The van der Waals surface area contributed by atoms with Gasteiger partial charge in [-0.3, -0.25) is 14.4 Å². The lowest BCUT2D eigenvalue weighted by Crippen LogP contribution is -2.21. The average molecular weight is 232 g/mol. The van der Waals surface area contributed by atoms with Crippen LogP contribution in [0.4, 0.5) is 0 Å². The second-order valence-corrected chi connectivity index (χ2v) is 2.88. The van der Waals surface area contributed by atoms with E-state index in [9.17, 15) is 14.4 Å². The number of carbonyl (C=O) groups excluding carboxylic acids is 3. The third-order valence-electron chi connectivity index (χ3n) is 1.85. The van der Waals surface area contributed by atoms with E-state index in [1.54, 1.807) is 0 Å². The van der Waals surface area contributed by atoms with Crippen LogP contribution in [-0.4, -0.2) is 17.3 Å². The largest absolute Gasteiger partial charge is 0.294 e. The maximum absolute atomic E-state index is 11.6. The molecule has 0 radical (unpaired) electrons. The normalized spacial score (nSPS) is 14.8. The van der Waals surface area contributed by atoms with Crippen LogP contribution in [0.15, 0.2) is 33.3 Å². The molecule has 84 valence electrons. The van der Waals surface area contributed by atoms with Crippen molar-refractivity contribution >= 4 is 17.3 Å². The van der Waals surface area contributed by atoms with E-state index in [2.05, 4.69) is 20.1 Å². The Labute approximate surface area is 93.7 Å². The first-order valence-electron chi connectivity index (χ1n) is 4.19. The summed E-state index contributed by atoms with van der Waals surface area (Å²) in [6.45, 7) is 1.06. The molecule has 0 aromatic carbocycles. The lowest BCUT2D eigenvalue weighted by Gasteiger charge is -2.10. The molecule has 0 N–H and O–H groups in total. The zero-order valence-corrected chi connectivity index (χ0v) is 8.49. The molecule has 0 unspecified atom stereocenters. The Balaban J connectivity index is 3.50. The molecular weight excluding hydrogens is 228 g/mol. The van der Waals surface area contributed by atoms with Gasteiger partial charge in [0, 0.05) is 9.82 Å². The Morgan fingerprint density at radius 3 is 2.29 bits per heavy atom. The van der Waals surface area contributed by atoms with Crippen molar-refractivity contribution in [1.82, 2.24) is 0 Å². The van der Waals surface area contributed by atoms with E-state index in [-0.39, 0.29) is 0 Å². The highest BCUT2D eigenvalue weighted by atomic mass is 16.2. The minimum absolute atomic E-state index is 0.509. The van der Waals surface area contributed by atoms with Crippen LogP contribution < -0.4 is 0 Å². The Morgan fingerprint density at radius 1 is 1.24 bits per heavy atom. The van der Waals surface area contributed by atoms with Crippen LogP contribution in [0.1, 0.15) is 6.92 Å². The summed E-state index contributed by atoms with van der Waals surface area (Å²) in [5, 5.41) is 5.98. The summed E-state index contributed by atoms with van der Waals surface area (Å²) < 4.78 is 0. The topological polar surface area (TPSA) is 149 Å². The highest BCUT2D eigenvalue weighted by molar-refractivity contribution is 6.33. The molecule has 17 heavy (non-hydrogen) atoms. The van der Waals surface area contributed by atoms with E-state index < -0.39 is 34.3 Å². The molecule has 1 rings (SSSR count). The Morgan fingerprint density at radius 2 is 1.82 bits per heavy atom. The van der Waals surface area contributed by atoms with Gasteiger partial charge in [-0.1, -0.05) is 10.2 Å². The van der Waals surface area contributed by atoms with Crippen molar-refractivity contribution in [3.63, 3.8) is 0 Å². The van der Waals surface area contributed by atoms with E-state index in [1.807, 2.05) is 0 Å². The first kappa shape index (κ1) is 12.2. The molecule has 9 nitrogen and oxygen atoms in total. The quantitative estimate of drug-likeness (QED) is 0.238. The number of allylic oxidation sites excluding steroid dienone is 2. The van der Waals surface area contributed by atoms with E-state index >= 15 is 0 Å². The second kappa shape index (κ2) is 4.75. The molecule has 0 aliphatic heterocycles. The predicted octanol–water partition coefficient (Wildman–Crippen LogP) is 1.49. The van der Waals surface area contributed by atoms with Crippen molar-refractivity contribution in [2.45, 2.75) is 6.92 Å². The molecule has 9 heteroatoms. The van der Waals surface area contributed by atoms with Gasteiger partial charge in [0.05, 0.1) is 11.3 Å². The van der Waals surface area contributed by atoms with Gasteiger partial charge >= 0.3 is 0 Å². The van der Waals surface area contributed by atoms with Crippen LogP contribution in [-0.2, 0) is 14.4 Å². The smallest absolute Gasteiger partial charge is 0.198 e. The fourth-order valence-electron chi connectivity index (χ4n) is 1.22. The number of hydrogen-bond donors (Lipinski definition) is 0. The van der Waals surface area contributed by atoms with Gasteiger partial charge in [-0.25, -0.2) is 0 Å². The summed E-state index contributed by atoms with van der Waals surface area (Å²) in [7, 11) is 0. The third kappa shape index (κ3) is 2.20. The Kier molecular flexibility index (Phi) is 3.41. The molecule has 0 aromatic rings. The van der Waals surface area contributed by atoms with E-state index in [1.165, 1.54) is 0 Å². The number of ketones is 3. The van der Waals surface area contributed by atoms with Crippen LogP contribution in [0.3, 0.4) is 0 Å². The maximum Gasteiger partial charge on any atom is 0.198 e. The van der Waals surface area contributed by atoms with Crippen molar-refractivity contribution in [3.8, 4) is 0 Å². The third-order valence-corrected chi connectivity index (χ3v) is 1.85. The summed E-state index contributed by atoms with van der Waals surface area (Å²) in [6, 6.07) is 0. The summed E-state index contributed by atoms with van der Waals surface area (Å²) in [5.74, 6) is -2.49. The summed E-state index contributed by atoms with van der Waals surface area (Å²) in [5.41, 5.74) is 14.8. The SMILES string of the molecule is CC(=O)C1=C(N=[N+]=[N-])C(=O)C(N=[N+]=[N-])=CC1=O. The highest BCUT2D eigenvalue weighted by Gasteiger charge is 2.29. The van der Waals surface area contributed by atoms with Crippen molar-refractivity contribution < 1.29 is 14.4 Å². The minimum Gasteiger partial charge on any atom is -0.294 e. The average Bonchev–Trinajstić information content (AvgIpc) is 2.25. The van der Waals surface area contributed by atoms with Crippen molar-refractivity contribution in [2.24, 2.45) is 10.2 Å². The molecule has 1 aliphatic carbocycles. The highest BCUT2D eigenvalue weighted by Crippen LogP contribution is 2.22. The van der Waals surface area contributed by atoms with Crippen molar-refractivity contribution in [2.75, 3.05) is 0 Å². The van der Waals surface area contributed by atoms with Crippen LogP contribution >= 0.6 is 0 Å². The number of rotatable bonds is 3. The Hall–Kier alpha value is -2.89. The summed E-state index contributed by atoms with van der Waals surface area (Å²) >= 11 is 0. The molecule has 0 spiro atoms. The van der Waals surface area contributed by atoms with Gasteiger partial charge in [-0.15, -0.1) is 0 Å². The Bertz CT molecular complexity index is 586. The molecule has 1 aliphatic rings. The van der Waals surface area contributed by atoms with Gasteiger partial charge in [-0.2, -0.15) is 0 Å². The van der Waals surface area contributed by atoms with Crippen molar-refractivity contribution in [1.29, 1.82) is 0 Å². The number of Topliss-reactive ketones (excluding diaryl/α,β-unsaturated/α-hetero) is 2. The van der Waals surface area contributed by atoms with Crippen LogP contribution in [0, 0.1) is 0 Å². The number of nitrogens with zero attached hydrogens (tertiary/aromatic N) is 6. The van der Waals surface area contributed by atoms with E-state index in [0.29, 0.717) is 0 Å². The van der Waals surface area contributed by atoms with Crippen molar-refractivity contribution in [3.05, 3.63) is 43.9 Å². The van der Waals surface area contributed by atoms with E-state index in [4.69, 9.17) is 11.1 Å². The number of carbonyl (C=O) groups is 3. The van der Waals surface area contributed by atoms with Gasteiger partial charge in [0.25, 0.3) is 0 Å². The van der Waals surface area contributed by atoms with Gasteiger partial charge in [0.1, 0.15) is 5.70 Å². The molecule has 0 atom stereocenters. The second-order valence-electron chi connectivity index (χ2n) is 2.88. The molecule has 0 bridgehead atoms. The standard InChI is InChI=1S/C8H4N6O3/c1-3(15)6-5(16)2-4(11-13-9)8(17)7(6)12-14-10/h2H,1H3. The lowest BCUT2D eigenvalue weighted by molar-refractivity contribution is -0.120. The zero-order valence-electron chi connectivity index (χ0n) is 8.49. The molecule has 0 saturated heterocycles. The van der Waals surface area contributed by atoms with Gasteiger partial charge in [-0.05, 0) is 24.1 Å². The van der Waals surface area contributed by atoms with Gasteiger partial charge in [0.2, 0.25) is 0 Å². The molecule has 0 amide bonds. The fourth-order valence-corrected chi connectivity index (χ4v) is 1.22. The minimum atomic E-state index is -0.953. The predicted molar refractivity (Wildman–Crippen MR) is 54.1 cm³/mol. The molecule has 0 aromatic heterocycles. The molecule has 0 saturated carbocycles.